The fraction of sp³-hybridized carbons (Fsp3) is 0.333. The summed E-state index contributed by atoms with van der Waals surface area (Å²) < 4.78 is 13.6. The molecule has 0 bridgehead atoms. The van der Waals surface area contributed by atoms with Gasteiger partial charge in [-0.05, 0) is 55.5 Å². The van der Waals surface area contributed by atoms with Crippen molar-refractivity contribution < 1.29 is 14.0 Å². The molecule has 1 heterocycles. The van der Waals surface area contributed by atoms with Crippen molar-refractivity contribution in [2.45, 2.75) is 39.0 Å². The van der Waals surface area contributed by atoms with Crippen LogP contribution in [0.15, 0.2) is 42.5 Å². The highest BCUT2D eigenvalue weighted by Gasteiger charge is 2.21. The van der Waals surface area contributed by atoms with Crippen LogP contribution in [0.5, 0.6) is 0 Å². The predicted octanol–water partition coefficient (Wildman–Crippen LogP) is 4.22. The van der Waals surface area contributed by atoms with E-state index in [1.807, 2.05) is 25.1 Å². The number of nitrogens with zero attached hydrogens (tertiary/aromatic N) is 1. The van der Waals surface area contributed by atoms with E-state index in [0.29, 0.717) is 30.6 Å². The minimum Gasteiger partial charge on any atom is -0.326 e. The van der Waals surface area contributed by atoms with Gasteiger partial charge in [0.1, 0.15) is 5.82 Å². The summed E-state index contributed by atoms with van der Waals surface area (Å²) in [6.45, 7) is 2.67. The summed E-state index contributed by atoms with van der Waals surface area (Å²) in [5.41, 5.74) is 3.04. The van der Waals surface area contributed by atoms with Crippen LogP contribution in [0.1, 0.15) is 36.8 Å². The number of amides is 2. The van der Waals surface area contributed by atoms with E-state index in [-0.39, 0.29) is 24.1 Å². The summed E-state index contributed by atoms with van der Waals surface area (Å²) in [6.07, 6.45) is 3.04. The number of carbonyl (C=O) groups excluding carboxylic acids is 2. The first-order chi connectivity index (χ1) is 12.5. The molecule has 0 atom stereocenters. The Labute approximate surface area is 153 Å². The number of rotatable bonds is 5. The molecule has 0 aliphatic carbocycles. The molecule has 1 aliphatic rings. The Bertz CT molecular complexity index is 819. The maximum Gasteiger partial charge on any atom is 0.226 e. The summed E-state index contributed by atoms with van der Waals surface area (Å²) in [6, 6.07) is 12.1. The van der Waals surface area contributed by atoms with E-state index in [1.165, 1.54) is 6.07 Å². The number of hydrogen-bond acceptors (Lipinski definition) is 2. The average molecular weight is 354 g/mol. The van der Waals surface area contributed by atoms with Gasteiger partial charge in [0.05, 0.1) is 0 Å². The Kier molecular flexibility index (Phi) is 5.66. The Morgan fingerprint density at radius 2 is 2.00 bits per heavy atom. The molecule has 0 aromatic heterocycles. The summed E-state index contributed by atoms with van der Waals surface area (Å²) in [4.78, 5) is 26.2. The zero-order chi connectivity index (χ0) is 18.5. The lowest BCUT2D eigenvalue weighted by Crippen LogP contribution is -2.35. The second kappa shape index (κ2) is 8.13. The quantitative estimate of drug-likeness (QED) is 0.874. The molecule has 2 aromatic rings. The Morgan fingerprint density at radius 1 is 1.19 bits per heavy atom. The van der Waals surface area contributed by atoms with E-state index in [4.69, 9.17) is 0 Å². The summed E-state index contributed by atoms with van der Waals surface area (Å²) in [5, 5.41) is 2.85. The molecular weight excluding hydrogens is 331 g/mol. The third-order valence-electron chi connectivity index (χ3n) is 4.69. The molecule has 2 amide bonds. The van der Waals surface area contributed by atoms with Crippen LogP contribution < -0.4 is 10.2 Å². The molecule has 0 unspecified atom stereocenters. The van der Waals surface area contributed by atoms with Gasteiger partial charge in [-0.3, -0.25) is 9.59 Å². The van der Waals surface area contributed by atoms with Crippen molar-refractivity contribution in [1.82, 2.24) is 0 Å². The van der Waals surface area contributed by atoms with E-state index >= 15 is 0 Å². The monoisotopic (exact) mass is 354 g/mol. The van der Waals surface area contributed by atoms with Gasteiger partial charge in [-0.25, -0.2) is 4.39 Å². The Morgan fingerprint density at radius 3 is 2.77 bits per heavy atom. The second-order valence-electron chi connectivity index (χ2n) is 6.64. The van der Waals surface area contributed by atoms with Crippen molar-refractivity contribution in [2.75, 3.05) is 16.8 Å². The lowest BCUT2D eigenvalue weighted by atomic mass is 10.1. The van der Waals surface area contributed by atoms with Crippen molar-refractivity contribution in [1.29, 1.82) is 0 Å². The minimum atomic E-state index is -0.290. The molecule has 0 saturated carbocycles. The van der Waals surface area contributed by atoms with Crippen molar-refractivity contribution in [3.8, 4) is 0 Å². The van der Waals surface area contributed by atoms with Crippen molar-refractivity contribution in [3.63, 3.8) is 0 Å². The van der Waals surface area contributed by atoms with Crippen LogP contribution in [-0.4, -0.2) is 18.4 Å². The second-order valence-corrected chi connectivity index (χ2v) is 6.64. The summed E-state index contributed by atoms with van der Waals surface area (Å²) >= 11 is 0. The van der Waals surface area contributed by atoms with Gasteiger partial charge in [0.2, 0.25) is 11.8 Å². The van der Waals surface area contributed by atoms with Crippen molar-refractivity contribution in [2.24, 2.45) is 0 Å². The first kappa shape index (κ1) is 18.1. The molecule has 4 nitrogen and oxygen atoms in total. The molecule has 1 fully saturated rings. The number of piperidine rings is 1. The number of hydrogen-bond donors (Lipinski definition) is 1. The summed E-state index contributed by atoms with van der Waals surface area (Å²) in [7, 11) is 0. The molecule has 1 N–H and O–H groups in total. The lowest BCUT2D eigenvalue weighted by molar-refractivity contribution is -0.119. The number of halogens is 1. The molecule has 0 spiro atoms. The maximum atomic E-state index is 13.6. The number of benzene rings is 2. The molecule has 1 saturated heterocycles. The van der Waals surface area contributed by atoms with E-state index in [2.05, 4.69) is 5.32 Å². The normalized spacial score (nSPS) is 14.4. The van der Waals surface area contributed by atoms with Gasteiger partial charge < -0.3 is 10.2 Å². The van der Waals surface area contributed by atoms with Crippen LogP contribution in [0.25, 0.3) is 0 Å². The molecule has 0 radical (unpaired) electrons. The molecular formula is C21H23FN2O2. The molecule has 1 aliphatic heterocycles. The van der Waals surface area contributed by atoms with Gasteiger partial charge in [-0.1, -0.05) is 24.3 Å². The highest BCUT2D eigenvalue weighted by Crippen LogP contribution is 2.27. The fourth-order valence-corrected chi connectivity index (χ4v) is 3.21. The first-order valence-electron chi connectivity index (χ1n) is 8.99. The fourth-order valence-electron chi connectivity index (χ4n) is 3.21. The average Bonchev–Trinajstić information content (AvgIpc) is 2.63. The molecule has 5 heteroatoms. The van der Waals surface area contributed by atoms with Crippen molar-refractivity contribution in [3.05, 3.63) is 59.4 Å². The number of carbonyl (C=O) groups is 2. The van der Waals surface area contributed by atoms with E-state index in [1.54, 1.807) is 23.1 Å². The number of nitrogens with one attached hydrogen (secondary N) is 1. The molecule has 136 valence electrons. The number of anilines is 2. The van der Waals surface area contributed by atoms with E-state index in [9.17, 15) is 14.0 Å². The van der Waals surface area contributed by atoms with Crippen LogP contribution in [-0.2, 0) is 16.0 Å². The first-order valence-corrected chi connectivity index (χ1v) is 8.99. The zero-order valence-corrected chi connectivity index (χ0v) is 14.9. The molecule has 3 rings (SSSR count). The van der Waals surface area contributed by atoms with Crippen LogP contribution >= 0.6 is 0 Å². The van der Waals surface area contributed by atoms with Gasteiger partial charge in [0, 0.05) is 30.8 Å². The summed E-state index contributed by atoms with van der Waals surface area (Å²) in [5.74, 6) is -0.336. The predicted molar refractivity (Wildman–Crippen MR) is 101 cm³/mol. The van der Waals surface area contributed by atoms with Crippen LogP contribution in [0.4, 0.5) is 15.8 Å². The topological polar surface area (TPSA) is 49.4 Å². The van der Waals surface area contributed by atoms with E-state index in [0.717, 1.165) is 24.1 Å². The SMILES string of the molecule is Cc1ccc(NC(=O)CCc2ccccc2F)cc1N1CCCCC1=O. The smallest absolute Gasteiger partial charge is 0.226 e. The van der Waals surface area contributed by atoms with Gasteiger partial charge in [-0.15, -0.1) is 0 Å². The van der Waals surface area contributed by atoms with Gasteiger partial charge >= 0.3 is 0 Å². The number of aryl methyl sites for hydroxylation is 2. The van der Waals surface area contributed by atoms with Crippen LogP contribution in [0, 0.1) is 12.7 Å². The highest BCUT2D eigenvalue weighted by atomic mass is 19.1. The van der Waals surface area contributed by atoms with Gasteiger partial charge in [-0.2, -0.15) is 0 Å². The highest BCUT2D eigenvalue weighted by molar-refractivity contribution is 5.96. The largest absolute Gasteiger partial charge is 0.326 e. The maximum absolute atomic E-state index is 13.6. The standard InChI is InChI=1S/C21H23FN2O2/c1-15-9-11-17(14-19(15)24-13-5-4-8-21(24)26)23-20(25)12-10-16-6-2-3-7-18(16)22/h2-3,6-7,9,11,14H,4-5,8,10,12-13H2,1H3,(H,23,25). The molecule has 2 aromatic carbocycles. The van der Waals surface area contributed by atoms with Gasteiger partial charge in [0.15, 0.2) is 0 Å². The lowest BCUT2D eigenvalue weighted by Gasteiger charge is -2.28. The van der Waals surface area contributed by atoms with Gasteiger partial charge in [0.25, 0.3) is 0 Å². The molecule has 26 heavy (non-hydrogen) atoms. The Hall–Kier alpha value is -2.69. The van der Waals surface area contributed by atoms with Crippen LogP contribution in [0.2, 0.25) is 0 Å². The third-order valence-corrected chi connectivity index (χ3v) is 4.69. The minimum absolute atomic E-state index is 0.127. The van der Waals surface area contributed by atoms with E-state index < -0.39 is 0 Å². The van der Waals surface area contributed by atoms with Crippen molar-refractivity contribution >= 4 is 23.2 Å². The van der Waals surface area contributed by atoms with Crippen LogP contribution in [0.3, 0.4) is 0 Å². The third kappa shape index (κ3) is 4.28. The zero-order valence-electron chi connectivity index (χ0n) is 14.9. The Balaban J connectivity index is 1.66.